The molecule has 2 saturated heterocycles. The van der Waals surface area contributed by atoms with Crippen LogP contribution in [0.5, 0.6) is 0 Å². The molecule has 0 spiro atoms. The van der Waals surface area contributed by atoms with E-state index >= 15 is 0 Å². The minimum Gasteiger partial charge on any atom is -0.378 e. The van der Waals surface area contributed by atoms with Crippen molar-refractivity contribution in [3.63, 3.8) is 0 Å². The lowest BCUT2D eigenvalue weighted by molar-refractivity contribution is -0.116. The first-order valence-electron chi connectivity index (χ1n) is 11.2. The van der Waals surface area contributed by atoms with Crippen LogP contribution in [0.15, 0.2) is 63.7 Å². The van der Waals surface area contributed by atoms with Gasteiger partial charge in [0.1, 0.15) is 16.3 Å². The molecule has 2 fully saturated rings. The van der Waals surface area contributed by atoms with Crippen molar-refractivity contribution in [3.05, 3.63) is 63.7 Å². The Morgan fingerprint density at radius 2 is 1.39 bits per heavy atom. The fourth-order valence-corrected chi connectivity index (χ4v) is 5.38. The van der Waals surface area contributed by atoms with E-state index < -0.39 is 0 Å². The fraction of sp³-hybridized carbons (Fsp3) is 0.500. The molecule has 4 unspecified atom stereocenters. The van der Waals surface area contributed by atoms with Gasteiger partial charge in [-0.05, 0) is 57.1 Å². The second-order valence-corrected chi connectivity index (χ2v) is 9.60. The Balaban J connectivity index is 1.67. The molecule has 0 aromatic heterocycles. The number of morpholine rings is 2. The summed E-state index contributed by atoms with van der Waals surface area (Å²) < 4.78 is 11.3. The van der Waals surface area contributed by atoms with Gasteiger partial charge >= 0.3 is 0 Å². The molecule has 0 amide bonds. The van der Waals surface area contributed by atoms with Gasteiger partial charge in [-0.25, -0.2) is 14.8 Å². The molecular formula is C24H30Cl2N4O3. The molecule has 9 heteroatoms. The first-order valence-corrected chi connectivity index (χ1v) is 12.0. The van der Waals surface area contributed by atoms with Crippen molar-refractivity contribution in [3.8, 4) is 0 Å². The molecule has 4 atom stereocenters. The third-order valence-electron chi connectivity index (χ3n) is 6.24. The summed E-state index contributed by atoms with van der Waals surface area (Å²) in [5, 5.41) is 9.26. The molecule has 4 heterocycles. The van der Waals surface area contributed by atoms with Crippen LogP contribution in [0.2, 0.25) is 0 Å². The fourth-order valence-electron chi connectivity index (χ4n) is 4.82. The van der Waals surface area contributed by atoms with Gasteiger partial charge in [-0.2, -0.15) is 0 Å². The van der Waals surface area contributed by atoms with Crippen molar-refractivity contribution in [2.45, 2.75) is 51.9 Å². The number of hydrogen-bond acceptors (Lipinski definition) is 7. The monoisotopic (exact) mass is 492 g/mol. The summed E-state index contributed by atoms with van der Waals surface area (Å²) in [4.78, 5) is 11.4. The van der Waals surface area contributed by atoms with Gasteiger partial charge in [0.25, 0.3) is 0 Å². The zero-order valence-corrected chi connectivity index (χ0v) is 20.9. The van der Waals surface area contributed by atoms with Gasteiger partial charge in [0.05, 0.1) is 50.6 Å². The maximum atomic E-state index is 11.4. The Kier molecular flexibility index (Phi) is 7.51. The second kappa shape index (κ2) is 10.2. The van der Waals surface area contributed by atoms with Gasteiger partial charge in [0.2, 0.25) is 0 Å². The predicted octanol–water partition coefficient (Wildman–Crippen LogP) is 3.91. The van der Waals surface area contributed by atoms with E-state index in [1.165, 1.54) is 6.08 Å². The number of halogens is 2. The number of hydrogen-bond donors (Lipinski definition) is 0. The Bertz CT molecular complexity index is 962. The SMILES string of the molecule is CC1COCC(C)N1N1C=CC(=C2C=CN(N3C(C)COCC3C)C(Cl)=C2C=C=O)C=C1Cl. The van der Waals surface area contributed by atoms with Crippen LogP contribution in [-0.4, -0.2) is 76.6 Å². The lowest BCUT2D eigenvalue weighted by Gasteiger charge is -2.46. The summed E-state index contributed by atoms with van der Waals surface area (Å²) in [5.74, 6) is 1.90. The van der Waals surface area contributed by atoms with E-state index in [-0.39, 0.29) is 24.2 Å². The molecule has 0 saturated carbocycles. The quantitative estimate of drug-likeness (QED) is 0.437. The molecule has 0 aliphatic carbocycles. The minimum absolute atomic E-state index is 0.137. The number of allylic oxidation sites excluding steroid dienone is 7. The molecule has 178 valence electrons. The number of carbonyl (C=O) groups excluding carboxylic acids is 1. The molecule has 0 aromatic rings. The van der Waals surface area contributed by atoms with Gasteiger partial charge in [0, 0.05) is 24.0 Å². The normalized spacial score (nSPS) is 33.9. The maximum absolute atomic E-state index is 11.4. The summed E-state index contributed by atoms with van der Waals surface area (Å²) in [6.45, 7) is 10.9. The molecule has 0 aromatic carbocycles. The van der Waals surface area contributed by atoms with Crippen molar-refractivity contribution in [2.75, 3.05) is 26.4 Å². The number of rotatable bonds is 3. The average molecular weight is 493 g/mol. The highest BCUT2D eigenvalue weighted by atomic mass is 35.5. The molecule has 4 aliphatic heterocycles. The van der Waals surface area contributed by atoms with Gasteiger partial charge < -0.3 is 9.47 Å². The van der Waals surface area contributed by atoms with Crippen LogP contribution in [-0.2, 0) is 14.3 Å². The highest BCUT2D eigenvalue weighted by Gasteiger charge is 2.34. The maximum Gasteiger partial charge on any atom is 0.132 e. The highest BCUT2D eigenvalue weighted by molar-refractivity contribution is 6.30. The summed E-state index contributed by atoms with van der Waals surface area (Å²) in [6.07, 6.45) is 11.1. The van der Waals surface area contributed by atoms with Crippen LogP contribution >= 0.6 is 23.2 Å². The molecule has 0 N–H and O–H groups in total. The largest absolute Gasteiger partial charge is 0.378 e. The smallest absolute Gasteiger partial charge is 0.132 e. The summed E-state index contributed by atoms with van der Waals surface area (Å²) >= 11 is 13.6. The molecule has 0 bridgehead atoms. The Morgan fingerprint density at radius 3 is 1.91 bits per heavy atom. The van der Waals surface area contributed by atoms with E-state index in [1.807, 2.05) is 46.6 Å². The Morgan fingerprint density at radius 1 is 0.879 bits per heavy atom. The van der Waals surface area contributed by atoms with Crippen LogP contribution in [0.4, 0.5) is 0 Å². The topological polar surface area (TPSA) is 48.5 Å². The van der Waals surface area contributed by atoms with Crippen LogP contribution in [0.25, 0.3) is 0 Å². The lowest BCUT2D eigenvalue weighted by atomic mass is 9.97. The number of ether oxygens (including phenoxy) is 2. The zero-order valence-electron chi connectivity index (χ0n) is 19.4. The van der Waals surface area contributed by atoms with Crippen molar-refractivity contribution < 1.29 is 14.3 Å². The highest BCUT2D eigenvalue weighted by Crippen LogP contribution is 2.36. The third kappa shape index (κ3) is 4.73. The molecular weight excluding hydrogens is 463 g/mol. The summed E-state index contributed by atoms with van der Waals surface area (Å²) in [6, 6.07) is 0.659. The van der Waals surface area contributed by atoms with Crippen LogP contribution in [0, 0.1) is 0 Å². The van der Waals surface area contributed by atoms with Gasteiger partial charge in [-0.3, -0.25) is 10.0 Å². The first kappa shape index (κ1) is 24.3. The van der Waals surface area contributed by atoms with E-state index in [0.29, 0.717) is 42.3 Å². The lowest BCUT2D eigenvalue weighted by Crippen LogP contribution is -2.56. The first-order chi connectivity index (χ1) is 15.8. The molecule has 7 nitrogen and oxygen atoms in total. The zero-order chi connectivity index (χ0) is 23.7. The van der Waals surface area contributed by atoms with Crippen LogP contribution in [0.1, 0.15) is 27.7 Å². The van der Waals surface area contributed by atoms with Crippen molar-refractivity contribution >= 4 is 29.1 Å². The standard InChI is InChI=1S/C24H30Cl2N4O3/c1-16-12-32-13-17(2)29(16)27-8-5-20(11-23(27)25)21-6-9-28(24(26)22(21)7-10-31)30-18(3)14-33-15-19(30)4/h5-9,11,16-19H,12-15H2,1-4H3. The van der Waals surface area contributed by atoms with Crippen LogP contribution in [0.3, 0.4) is 0 Å². The Hall–Kier alpha value is -1.83. The van der Waals surface area contributed by atoms with E-state index in [0.717, 1.165) is 11.1 Å². The molecule has 4 rings (SSSR count). The van der Waals surface area contributed by atoms with E-state index in [1.54, 1.807) is 0 Å². The van der Waals surface area contributed by atoms with Gasteiger partial charge in [0.15, 0.2) is 0 Å². The molecule has 0 radical (unpaired) electrons. The van der Waals surface area contributed by atoms with E-state index in [4.69, 9.17) is 32.7 Å². The van der Waals surface area contributed by atoms with Crippen molar-refractivity contribution in [1.29, 1.82) is 0 Å². The van der Waals surface area contributed by atoms with E-state index in [9.17, 15) is 4.79 Å². The van der Waals surface area contributed by atoms with E-state index in [2.05, 4.69) is 37.7 Å². The van der Waals surface area contributed by atoms with Crippen molar-refractivity contribution in [2.24, 2.45) is 0 Å². The average Bonchev–Trinajstić information content (AvgIpc) is 2.77. The van der Waals surface area contributed by atoms with Crippen molar-refractivity contribution in [1.82, 2.24) is 20.0 Å². The summed E-state index contributed by atoms with van der Waals surface area (Å²) in [5.41, 5.74) is 2.27. The number of hydrazine groups is 2. The third-order valence-corrected chi connectivity index (χ3v) is 6.90. The molecule has 4 aliphatic rings. The summed E-state index contributed by atoms with van der Waals surface area (Å²) in [7, 11) is 0. The van der Waals surface area contributed by atoms with Gasteiger partial charge in [-0.15, -0.1) is 0 Å². The second-order valence-electron chi connectivity index (χ2n) is 8.85. The minimum atomic E-state index is 0.137. The Labute approximate surface area is 205 Å². The number of nitrogens with zero attached hydrogens (tertiary/aromatic N) is 4. The van der Waals surface area contributed by atoms with Crippen LogP contribution < -0.4 is 0 Å². The van der Waals surface area contributed by atoms with Gasteiger partial charge in [-0.1, -0.05) is 23.2 Å². The molecule has 33 heavy (non-hydrogen) atoms. The predicted molar refractivity (Wildman–Crippen MR) is 129 cm³/mol.